The molecular weight excluding hydrogens is 252 g/mol. The minimum atomic E-state index is -0.602. The maximum Gasteiger partial charge on any atom is 0.129 e. The van der Waals surface area contributed by atoms with E-state index in [1.54, 1.807) is 19.2 Å². The van der Waals surface area contributed by atoms with Crippen molar-refractivity contribution in [2.24, 2.45) is 5.73 Å². The lowest BCUT2D eigenvalue weighted by Crippen LogP contribution is -2.13. The molecule has 2 N–H and O–H groups in total. The first-order chi connectivity index (χ1) is 9.10. The van der Waals surface area contributed by atoms with Crippen molar-refractivity contribution in [3.63, 3.8) is 0 Å². The van der Waals surface area contributed by atoms with Gasteiger partial charge in [0.05, 0.1) is 6.04 Å². The van der Waals surface area contributed by atoms with Crippen molar-refractivity contribution in [1.29, 1.82) is 0 Å². The number of hydrogen-bond donors (Lipinski definition) is 1. The summed E-state index contributed by atoms with van der Waals surface area (Å²) in [4.78, 5) is 0. The number of hydrogen-bond acceptors (Lipinski definition) is 3. The first-order valence-electron chi connectivity index (χ1n) is 5.87. The summed E-state index contributed by atoms with van der Waals surface area (Å²) < 4.78 is 36.7. The van der Waals surface area contributed by atoms with Crippen LogP contribution in [0.25, 0.3) is 0 Å². The molecule has 19 heavy (non-hydrogen) atoms. The number of nitrogens with two attached hydrogens (primary N) is 1. The molecule has 1 aromatic carbocycles. The fraction of sp³-hybridized carbons (Fsp3) is 0.286. The van der Waals surface area contributed by atoms with E-state index in [-0.39, 0.29) is 6.42 Å². The summed E-state index contributed by atoms with van der Waals surface area (Å²) in [7, 11) is 1.57. The van der Waals surface area contributed by atoms with Crippen LogP contribution in [0, 0.1) is 11.6 Å². The van der Waals surface area contributed by atoms with Crippen LogP contribution in [0.4, 0.5) is 8.78 Å². The van der Waals surface area contributed by atoms with Gasteiger partial charge in [0, 0.05) is 13.2 Å². The van der Waals surface area contributed by atoms with Crippen LogP contribution < -0.4 is 5.73 Å². The summed E-state index contributed by atoms with van der Waals surface area (Å²) in [5.41, 5.74) is 6.31. The molecule has 2 rings (SSSR count). The van der Waals surface area contributed by atoms with Crippen LogP contribution in [0.5, 0.6) is 0 Å². The molecule has 0 radical (unpaired) electrons. The number of ether oxygens (including phenoxy) is 1. The molecule has 3 nitrogen and oxygen atoms in total. The molecule has 5 heteroatoms. The van der Waals surface area contributed by atoms with Gasteiger partial charge in [-0.15, -0.1) is 0 Å². The highest BCUT2D eigenvalue weighted by Gasteiger charge is 2.14. The van der Waals surface area contributed by atoms with Gasteiger partial charge in [0.1, 0.15) is 29.8 Å². The highest BCUT2D eigenvalue weighted by atomic mass is 19.1. The van der Waals surface area contributed by atoms with Gasteiger partial charge in [-0.25, -0.2) is 8.78 Å². The molecule has 0 aliphatic heterocycles. The van der Waals surface area contributed by atoms with Crippen LogP contribution in [0.2, 0.25) is 0 Å². The van der Waals surface area contributed by atoms with Gasteiger partial charge in [0.2, 0.25) is 0 Å². The van der Waals surface area contributed by atoms with Crippen molar-refractivity contribution in [2.75, 3.05) is 7.11 Å². The average Bonchev–Trinajstić information content (AvgIpc) is 2.82. The van der Waals surface area contributed by atoms with E-state index in [1.807, 2.05) is 0 Å². The van der Waals surface area contributed by atoms with E-state index in [9.17, 15) is 8.78 Å². The molecule has 0 saturated carbocycles. The van der Waals surface area contributed by atoms with Crippen LogP contribution in [-0.4, -0.2) is 7.11 Å². The van der Waals surface area contributed by atoms with Crippen LogP contribution in [-0.2, 0) is 17.8 Å². The normalized spacial score (nSPS) is 12.6. The molecular formula is C14H15F2NO2. The van der Waals surface area contributed by atoms with Crippen LogP contribution in [0.3, 0.4) is 0 Å². The highest BCUT2D eigenvalue weighted by Crippen LogP contribution is 2.21. The minimum absolute atomic E-state index is 0.242. The second-order valence-corrected chi connectivity index (χ2v) is 4.28. The fourth-order valence-corrected chi connectivity index (χ4v) is 1.84. The van der Waals surface area contributed by atoms with E-state index in [1.165, 1.54) is 12.1 Å². The molecule has 0 bridgehead atoms. The van der Waals surface area contributed by atoms with E-state index in [0.717, 1.165) is 6.07 Å². The molecule has 2 aromatic rings. The summed E-state index contributed by atoms with van der Waals surface area (Å²) >= 11 is 0. The van der Waals surface area contributed by atoms with Crippen molar-refractivity contribution < 1.29 is 17.9 Å². The Hall–Kier alpha value is -1.72. The maximum absolute atomic E-state index is 13.5. The van der Waals surface area contributed by atoms with E-state index in [2.05, 4.69) is 0 Å². The largest absolute Gasteiger partial charge is 0.462 e. The van der Waals surface area contributed by atoms with Crippen LogP contribution >= 0.6 is 0 Å². The number of methoxy groups -OCH3 is 1. The maximum atomic E-state index is 13.5. The Morgan fingerprint density at radius 2 is 2.05 bits per heavy atom. The predicted molar refractivity (Wildman–Crippen MR) is 66.4 cm³/mol. The third-order valence-corrected chi connectivity index (χ3v) is 2.79. The van der Waals surface area contributed by atoms with E-state index in [0.29, 0.717) is 23.7 Å². The minimum Gasteiger partial charge on any atom is -0.462 e. The topological polar surface area (TPSA) is 48.4 Å². The molecule has 0 saturated heterocycles. The lowest BCUT2D eigenvalue weighted by atomic mass is 10.0. The molecule has 1 unspecified atom stereocenters. The molecule has 1 heterocycles. The summed E-state index contributed by atoms with van der Waals surface area (Å²) in [5, 5.41) is 0. The van der Waals surface area contributed by atoms with Gasteiger partial charge in [-0.2, -0.15) is 0 Å². The summed E-state index contributed by atoms with van der Waals surface area (Å²) in [6.45, 7) is 0.359. The Morgan fingerprint density at radius 1 is 1.26 bits per heavy atom. The highest BCUT2D eigenvalue weighted by molar-refractivity contribution is 5.21. The van der Waals surface area contributed by atoms with Gasteiger partial charge in [0.25, 0.3) is 0 Å². The molecule has 0 spiro atoms. The first kappa shape index (κ1) is 13.7. The Morgan fingerprint density at radius 3 is 2.74 bits per heavy atom. The third-order valence-electron chi connectivity index (χ3n) is 2.79. The second-order valence-electron chi connectivity index (χ2n) is 4.28. The number of rotatable bonds is 5. The fourth-order valence-electron chi connectivity index (χ4n) is 1.84. The predicted octanol–water partition coefficient (Wildman–Crippen LogP) is 2.95. The molecule has 1 aromatic heterocycles. The van der Waals surface area contributed by atoms with Gasteiger partial charge in [-0.05, 0) is 30.2 Å². The molecule has 102 valence electrons. The summed E-state index contributed by atoms with van der Waals surface area (Å²) in [6, 6.07) is 6.47. The van der Waals surface area contributed by atoms with E-state index >= 15 is 0 Å². The van der Waals surface area contributed by atoms with Crippen molar-refractivity contribution >= 4 is 0 Å². The zero-order valence-electron chi connectivity index (χ0n) is 10.5. The zero-order chi connectivity index (χ0) is 13.8. The van der Waals surface area contributed by atoms with Crippen LogP contribution in [0.15, 0.2) is 34.7 Å². The zero-order valence-corrected chi connectivity index (χ0v) is 10.5. The average molecular weight is 267 g/mol. The molecule has 0 aliphatic rings. The smallest absolute Gasteiger partial charge is 0.129 e. The Labute approximate surface area is 110 Å². The van der Waals surface area contributed by atoms with Gasteiger partial charge >= 0.3 is 0 Å². The Bertz CT molecular complexity index is 554. The third kappa shape index (κ3) is 3.39. The Kier molecular flexibility index (Phi) is 4.29. The summed E-state index contributed by atoms with van der Waals surface area (Å²) in [5.74, 6) is 0.0117. The lowest BCUT2D eigenvalue weighted by molar-refractivity contribution is 0.162. The quantitative estimate of drug-likeness (QED) is 0.906. The molecule has 1 atom stereocenters. The monoisotopic (exact) mass is 267 g/mol. The number of furan rings is 1. The van der Waals surface area contributed by atoms with Gasteiger partial charge in [-0.1, -0.05) is 6.07 Å². The SMILES string of the molecule is COCc1ccc(C(N)Cc2ccc(F)cc2F)o1. The number of halogens is 2. The van der Waals surface area contributed by atoms with E-state index in [4.69, 9.17) is 14.9 Å². The first-order valence-corrected chi connectivity index (χ1v) is 5.87. The molecule has 0 amide bonds. The van der Waals surface area contributed by atoms with Crippen molar-refractivity contribution in [2.45, 2.75) is 19.1 Å². The summed E-state index contributed by atoms with van der Waals surface area (Å²) in [6.07, 6.45) is 0.242. The molecule has 0 fully saturated rings. The lowest BCUT2D eigenvalue weighted by Gasteiger charge is -2.09. The van der Waals surface area contributed by atoms with Gasteiger partial charge in [0.15, 0.2) is 0 Å². The second kappa shape index (κ2) is 5.95. The Balaban J connectivity index is 2.09. The standard InChI is InChI=1S/C14H15F2NO2/c1-18-8-11-4-5-14(19-11)13(17)6-9-2-3-10(15)7-12(9)16/h2-5,7,13H,6,8,17H2,1H3. The number of benzene rings is 1. The van der Waals surface area contributed by atoms with Gasteiger partial charge < -0.3 is 14.9 Å². The molecule has 0 aliphatic carbocycles. The van der Waals surface area contributed by atoms with Crippen molar-refractivity contribution in [1.82, 2.24) is 0 Å². The van der Waals surface area contributed by atoms with Crippen molar-refractivity contribution in [3.05, 3.63) is 59.1 Å². The van der Waals surface area contributed by atoms with Crippen molar-refractivity contribution in [3.8, 4) is 0 Å². The van der Waals surface area contributed by atoms with Gasteiger partial charge in [-0.3, -0.25) is 0 Å². The van der Waals surface area contributed by atoms with Crippen LogP contribution in [0.1, 0.15) is 23.1 Å². The van der Waals surface area contributed by atoms with E-state index < -0.39 is 17.7 Å².